The second kappa shape index (κ2) is 8.91. The van der Waals surface area contributed by atoms with E-state index in [4.69, 9.17) is 23.2 Å². The number of rotatable bonds is 5. The van der Waals surface area contributed by atoms with Crippen LogP contribution in [0.3, 0.4) is 0 Å². The third kappa shape index (κ3) is 4.45. The highest BCUT2D eigenvalue weighted by Gasteiger charge is 2.29. The van der Waals surface area contributed by atoms with Crippen LogP contribution in [0.2, 0.25) is 10.0 Å². The van der Waals surface area contributed by atoms with E-state index in [1.807, 2.05) is 5.38 Å². The number of hydrogen-bond acceptors (Lipinski definition) is 5. The van der Waals surface area contributed by atoms with Crippen molar-refractivity contribution >= 4 is 57.4 Å². The first-order valence-corrected chi connectivity index (χ1v) is 11.3. The lowest BCUT2D eigenvalue weighted by Crippen LogP contribution is -2.41. The van der Waals surface area contributed by atoms with Crippen LogP contribution in [0.4, 0.5) is 9.93 Å². The van der Waals surface area contributed by atoms with Gasteiger partial charge in [-0.15, -0.1) is 11.3 Å². The molecule has 7 nitrogen and oxygen atoms in total. The molecule has 0 bridgehead atoms. The molecule has 0 saturated carbocycles. The van der Waals surface area contributed by atoms with E-state index in [1.165, 1.54) is 11.3 Å². The Bertz CT molecular complexity index is 988. The van der Waals surface area contributed by atoms with E-state index in [0.717, 1.165) is 0 Å². The zero-order chi connectivity index (χ0) is 21.3. The lowest BCUT2D eigenvalue weighted by atomic mass is 9.89. The first kappa shape index (κ1) is 21.1. The Balaban J connectivity index is 1.31. The summed E-state index contributed by atoms with van der Waals surface area (Å²) in [4.78, 5) is 44.9. The molecule has 3 heterocycles. The molecule has 2 aliphatic heterocycles. The summed E-state index contributed by atoms with van der Waals surface area (Å²) in [7, 11) is 0. The monoisotopic (exact) mass is 466 g/mol. The van der Waals surface area contributed by atoms with Crippen LogP contribution in [-0.2, 0) is 11.2 Å². The number of hydrogen-bond donors (Lipinski definition) is 1. The van der Waals surface area contributed by atoms with Crippen molar-refractivity contribution in [1.82, 2.24) is 15.2 Å². The van der Waals surface area contributed by atoms with Gasteiger partial charge < -0.3 is 10.2 Å². The number of nitrogens with one attached hydrogen (secondary N) is 1. The summed E-state index contributed by atoms with van der Waals surface area (Å²) in [5, 5.41) is 5.95. The largest absolute Gasteiger partial charge is 0.342 e. The SMILES string of the molecule is O=C(c1ccc(Cl)c(Cl)c1)C1CCN(C(=O)Cc2csc(N3CCNC3=O)n2)CC1. The number of halogens is 2. The molecule has 158 valence electrons. The quantitative estimate of drug-likeness (QED) is 0.681. The highest BCUT2D eigenvalue weighted by Crippen LogP contribution is 2.28. The molecule has 0 unspecified atom stereocenters. The number of aromatic nitrogens is 1. The van der Waals surface area contributed by atoms with E-state index in [1.54, 1.807) is 28.0 Å². The van der Waals surface area contributed by atoms with Crippen molar-refractivity contribution in [3.63, 3.8) is 0 Å². The average Bonchev–Trinajstić information content (AvgIpc) is 3.38. The number of Topliss-reactive ketones (excluding diaryl/α,β-unsaturated/α-hetero) is 1. The van der Waals surface area contributed by atoms with Crippen LogP contribution in [0.25, 0.3) is 0 Å². The predicted octanol–water partition coefficient (Wildman–Crippen LogP) is 3.64. The highest BCUT2D eigenvalue weighted by molar-refractivity contribution is 7.14. The standard InChI is InChI=1S/C20H20Cl2N4O3S/c21-15-2-1-13(9-16(15)22)18(28)12-3-6-25(7-4-12)17(27)10-14-11-30-20(24-14)26-8-5-23-19(26)29/h1-2,9,11-12H,3-8,10H2,(H,23,29). The van der Waals surface area contributed by atoms with Gasteiger partial charge in [0, 0.05) is 43.0 Å². The van der Waals surface area contributed by atoms with Crippen molar-refractivity contribution in [1.29, 1.82) is 0 Å². The van der Waals surface area contributed by atoms with Gasteiger partial charge in [0.25, 0.3) is 0 Å². The maximum absolute atomic E-state index is 12.7. The van der Waals surface area contributed by atoms with Gasteiger partial charge in [-0.05, 0) is 31.0 Å². The number of carbonyl (C=O) groups is 3. The van der Waals surface area contributed by atoms with E-state index < -0.39 is 0 Å². The fourth-order valence-corrected chi connectivity index (χ4v) is 4.85. The molecule has 4 rings (SSSR count). The van der Waals surface area contributed by atoms with Gasteiger partial charge in [0.05, 0.1) is 22.2 Å². The molecule has 2 aromatic rings. The zero-order valence-electron chi connectivity index (χ0n) is 16.1. The predicted molar refractivity (Wildman–Crippen MR) is 117 cm³/mol. The van der Waals surface area contributed by atoms with Crippen LogP contribution in [0.1, 0.15) is 28.9 Å². The molecular weight excluding hydrogens is 447 g/mol. The van der Waals surface area contributed by atoms with Crippen molar-refractivity contribution in [2.75, 3.05) is 31.1 Å². The first-order valence-electron chi connectivity index (χ1n) is 9.69. The lowest BCUT2D eigenvalue weighted by molar-refractivity contribution is -0.131. The van der Waals surface area contributed by atoms with Gasteiger partial charge in [-0.2, -0.15) is 0 Å². The van der Waals surface area contributed by atoms with Gasteiger partial charge in [-0.3, -0.25) is 14.5 Å². The van der Waals surface area contributed by atoms with E-state index in [9.17, 15) is 14.4 Å². The molecular formula is C20H20Cl2N4O3S. The summed E-state index contributed by atoms with van der Waals surface area (Å²) < 4.78 is 0. The molecule has 1 aromatic heterocycles. The summed E-state index contributed by atoms with van der Waals surface area (Å²) >= 11 is 13.3. The molecule has 2 aliphatic rings. The topological polar surface area (TPSA) is 82.6 Å². The zero-order valence-corrected chi connectivity index (χ0v) is 18.4. The third-order valence-corrected chi connectivity index (χ3v) is 7.03. The fourth-order valence-electron chi connectivity index (χ4n) is 3.70. The number of likely N-dealkylation sites (tertiary alicyclic amines) is 1. The minimum absolute atomic E-state index is 0.0156. The Labute approximate surface area is 188 Å². The Kier molecular flexibility index (Phi) is 6.26. The minimum atomic E-state index is -0.157. The van der Waals surface area contributed by atoms with Crippen molar-refractivity contribution in [2.24, 2.45) is 5.92 Å². The number of ketones is 1. The Morgan fingerprint density at radius 3 is 2.60 bits per heavy atom. The summed E-state index contributed by atoms with van der Waals surface area (Å²) in [5.74, 6) is -0.113. The summed E-state index contributed by atoms with van der Waals surface area (Å²) in [5.41, 5.74) is 1.21. The minimum Gasteiger partial charge on any atom is -0.342 e. The summed E-state index contributed by atoms with van der Waals surface area (Å²) in [6.07, 6.45) is 1.42. The summed E-state index contributed by atoms with van der Waals surface area (Å²) in [6, 6.07) is 4.76. The maximum atomic E-state index is 12.7. The Morgan fingerprint density at radius 1 is 1.17 bits per heavy atom. The molecule has 30 heavy (non-hydrogen) atoms. The molecule has 2 saturated heterocycles. The van der Waals surface area contributed by atoms with E-state index in [2.05, 4.69) is 10.3 Å². The normalized spacial score (nSPS) is 17.3. The van der Waals surface area contributed by atoms with Crippen LogP contribution in [-0.4, -0.2) is 53.8 Å². The number of benzene rings is 1. The average molecular weight is 467 g/mol. The molecule has 2 fully saturated rings. The molecule has 0 spiro atoms. The fraction of sp³-hybridized carbons (Fsp3) is 0.400. The van der Waals surface area contributed by atoms with Gasteiger partial charge in [0.15, 0.2) is 10.9 Å². The summed E-state index contributed by atoms with van der Waals surface area (Å²) in [6.45, 7) is 2.24. The van der Waals surface area contributed by atoms with Crippen LogP contribution in [0, 0.1) is 5.92 Å². The van der Waals surface area contributed by atoms with Crippen LogP contribution in [0.5, 0.6) is 0 Å². The first-order chi connectivity index (χ1) is 14.4. The second-order valence-electron chi connectivity index (χ2n) is 7.33. The van der Waals surface area contributed by atoms with Crippen molar-refractivity contribution in [2.45, 2.75) is 19.3 Å². The van der Waals surface area contributed by atoms with Gasteiger partial charge in [-0.25, -0.2) is 9.78 Å². The maximum Gasteiger partial charge on any atom is 0.323 e. The van der Waals surface area contributed by atoms with Gasteiger partial charge in [0.2, 0.25) is 5.91 Å². The van der Waals surface area contributed by atoms with Gasteiger partial charge in [-0.1, -0.05) is 23.2 Å². The Hall–Kier alpha value is -2.16. The van der Waals surface area contributed by atoms with E-state index in [-0.39, 0.29) is 30.1 Å². The lowest BCUT2D eigenvalue weighted by Gasteiger charge is -2.31. The number of thiazole rings is 1. The highest BCUT2D eigenvalue weighted by atomic mass is 35.5. The molecule has 1 aromatic carbocycles. The second-order valence-corrected chi connectivity index (χ2v) is 8.98. The molecule has 3 amide bonds. The van der Waals surface area contributed by atoms with Crippen LogP contribution >= 0.6 is 34.5 Å². The van der Waals surface area contributed by atoms with Crippen molar-refractivity contribution < 1.29 is 14.4 Å². The number of carbonyl (C=O) groups excluding carboxylic acids is 3. The van der Waals surface area contributed by atoms with Crippen LogP contribution in [0.15, 0.2) is 23.6 Å². The third-order valence-electron chi connectivity index (χ3n) is 5.38. The number of piperidine rings is 1. The number of nitrogens with zero attached hydrogens (tertiary/aromatic N) is 3. The van der Waals surface area contributed by atoms with Gasteiger partial charge in [0.1, 0.15) is 0 Å². The molecule has 0 aliphatic carbocycles. The van der Waals surface area contributed by atoms with Crippen molar-refractivity contribution in [3.8, 4) is 0 Å². The van der Waals surface area contributed by atoms with E-state index in [0.29, 0.717) is 65.5 Å². The number of urea groups is 1. The molecule has 0 atom stereocenters. The molecule has 1 N–H and O–H groups in total. The number of amides is 3. The van der Waals surface area contributed by atoms with Crippen molar-refractivity contribution in [3.05, 3.63) is 44.9 Å². The van der Waals surface area contributed by atoms with Gasteiger partial charge >= 0.3 is 6.03 Å². The Morgan fingerprint density at radius 2 is 1.93 bits per heavy atom. The smallest absolute Gasteiger partial charge is 0.323 e. The van der Waals surface area contributed by atoms with E-state index >= 15 is 0 Å². The van der Waals surface area contributed by atoms with Crippen LogP contribution < -0.4 is 10.2 Å². The number of anilines is 1. The molecule has 10 heteroatoms. The molecule has 0 radical (unpaired) electrons.